The Hall–Kier alpha value is -7.42. The van der Waals surface area contributed by atoms with Crippen LogP contribution in [0.2, 0.25) is 0 Å². The van der Waals surface area contributed by atoms with Crippen LogP contribution in [-0.2, 0) is 5.41 Å². The Bertz CT molecular complexity index is 3170. The van der Waals surface area contributed by atoms with Gasteiger partial charge in [-0.1, -0.05) is 158 Å². The quantitative estimate of drug-likeness (QED) is 0.168. The van der Waals surface area contributed by atoms with E-state index < -0.39 is 5.41 Å². The molecule has 10 aromatic rings. The lowest BCUT2D eigenvalue weighted by Gasteiger charge is -2.39. The van der Waals surface area contributed by atoms with Gasteiger partial charge in [-0.3, -0.25) is 0 Å². The number of fused-ring (bicyclic) bond motifs is 14. The molecule has 0 saturated carbocycles. The normalized spacial score (nSPS) is 13.2. The van der Waals surface area contributed by atoms with Gasteiger partial charge in [0.25, 0.3) is 0 Å². The van der Waals surface area contributed by atoms with Gasteiger partial charge >= 0.3 is 0 Å². The first-order chi connectivity index (χ1) is 28.3. The first-order valence-electron chi connectivity index (χ1n) is 19.7. The molecule has 2 heteroatoms. The molecule has 0 atom stereocenters. The fraction of sp³-hybridized carbons (Fsp3) is 0.0182. The van der Waals surface area contributed by atoms with Gasteiger partial charge in [0.2, 0.25) is 0 Å². The number of hydrogen-bond acceptors (Lipinski definition) is 2. The summed E-state index contributed by atoms with van der Waals surface area (Å²) in [7, 11) is 0. The molecule has 266 valence electrons. The highest BCUT2D eigenvalue weighted by Crippen LogP contribution is 2.63. The molecule has 10 aromatic carbocycles. The average Bonchev–Trinajstić information content (AvgIpc) is 3.57. The van der Waals surface area contributed by atoms with Crippen LogP contribution in [0.5, 0.6) is 11.5 Å². The molecule has 1 aliphatic heterocycles. The number of anilines is 3. The lowest BCUT2D eigenvalue weighted by molar-refractivity contribution is 0.436. The van der Waals surface area contributed by atoms with Gasteiger partial charge in [0, 0.05) is 28.2 Å². The van der Waals surface area contributed by atoms with Crippen molar-refractivity contribution < 1.29 is 4.74 Å². The highest BCUT2D eigenvalue weighted by molar-refractivity contribution is 6.14. The fourth-order valence-corrected chi connectivity index (χ4v) is 9.90. The van der Waals surface area contributed by atoms with Crippen LogP contribution in [0.3, 0.4) is 0 Å². The van der Waals surface area contributed by atoms with Gasteiger partial charge < -0.3 is 9.64 Å². The Morgan fingerprint density at radius 2 is 0.912 bits per heavy atom. The van der Waals surface area contributed by atoms with E-state index in [9.17, 15) is 0 Å². The second-order valence-corrected chi connectivity index (χ2v) is 15.2. The summed E-state index contributed by atoms with van der Waals surface area (Å²) in [6.07, 6.45) is 0. The average molecular weight is 726 g/mol. The minimum Gasteiger partial charge on any atom is -0.457 e. The summed E-state index contributed by atoms with van der Waals surface area (Å²) < 4.78 is 6.69. The van der Waals surface area contributed by atoms with E-state index >= 15 is 0 Å². The van der Waals surface area contributed by atoms with Crippen molar-refractivity contribution in [1.29, 1.82) is 0 Å². The van der Waals surface area contributed by atoms with Crippen molar-refractivity contribution in [1.82, 2.24) is 0 Å². The molecular formula is C55H35NO. The Balaban J connectivity index is 1.09. The Kier molecular flexibility index (Phi) is 6.88. The molecule has 0 unspecified atom stereocenters. The largest absolute Gasteiger partial charge is 0.457 e. The molecule has 0 amide bonds. The van der Waals surface area contributed by atoms with Gasteiger partial charge in [-0.2, -0.15) is 0 Å². The van der Waals surface area contributed by atoms with Gasteiger partial charge in [0.15, 0.2) is 0 Å². The predicted octanol–water partition coefficient (Wildman–Crippen LogP) is 14.8. The molecule has 2 aliphatic rings. The standard InChI is InChI=1S/C55H35NO/c1-2-16-39(17-3-1)56(40-29-26-37(27-30-40)47-34-38-15-5-6-18-42(38)44-20-8-9-21-45(44)47)41-31-32-46-51(35-41)55(50-33-28-36-14-4-7-19-43(36)54(46)50)48-22-10-12-24-52(48)57-53-25-13-11-23-49(53)55/h1-35H. The van der Waals surface area contributed by atoms with Gasteiger partial charge in [-0.25, -0.2) is 0 Å². The summed E-state index contributed by atoms with van der Waals surface area (Å²) >= 11 is 0. The minimum absolute atomic E-state index is 0.584. The molecule has 0 fully saturated rings. The summed E-state index contributed by atoms with van der Waals surface area (Å²) in [5, 5.41) is 7.57. The first-order valence-corrected chi connectivity index (χ1v) is 19.7. The zero-order chi connectivity index (χ0) is 37.5. The van der Waals surface area contributed by atoms with Gasteiger partial charge in [-0.05, 0) is 120 Å². The maximum absolute atomic E-state index is 6.69. The molecule has 2 nitrogen and oxygen atoms in total. The third-order valence-electron chi connectivity index (χ3n) is 12.3. The molecule has 0 radical (unpaired) electrons. The van der Waals surface area contributed by atoms with E-state index in [4.69, 9.17) is 4.74 Å². The SMILES string of the molecule is c1ccc(N(c2ccc(-c3cc4ccccc4c4ccccc34)cc2)c2ccc3c(c2)C2(c4ccccc4Oc4ccccc42)c2ccc4ccccc4c2-3)cc1. The summed E-state index contributed by atoms with van der Waals surface area (Å²) in [6.45, 7) is 0. The molecule has 1 heterocycles. The third-order valence-corrected chi connectivity index (χ3v) is 12.3. The van der Waals surface area contributed by atoms with Crippen LogP contribution in [0, 0.1) is 0 Å². The van der Waals surface area contributed by atoms with Crippen LogP contribution in [0.1, 0.15) is 22.3 Å². The Labute approximate surface area is 331 Å². The summed E-state index contributed by atoms with van der Waals surface area (Å²) in [4.78, 5) is 2.40. The Morgan fingerprint density at radius 3 is 1.67 bits per heavy atom. The molecule has 0 saturated heterocycles. The summed E-state index contributed by atoms with van der Waals surface area (Å²) in [6, 6.07) is 77.4. The number of nitrogens with zero attached hydrogens (tertiary/aromatic N) is 1. The third kappa shape index (κ3) is 4.59. The van der Waals surface area contributed by atoms with Crippen molar-refractivity contribution in [2.24, 2.45) is 0 Å². The van der Waals surface area contributed by atoms with Gasteiger partial charge in [0.05, 0.1) is 5.41 Å². The van der Waals surface area contributed by atoms with Crippen molar-refractivity contribution in [3.63, 3.8) is 0 Å². The van der Waals surface area contributed by atoms with Crippen molar-refractivity contribution >= 4 is 49.4 Å². The highest BCUT2D eigenvalue weighted by atomic mass is 16.5. The number of rotatable bonds is 4. The van der Waals surface area contributed by atoms with Gasteiger partial charge in [0.1, 0.15) is 11.5 Å². The van der Waals surface area contributed by atoms with E-state index in [1.165, 1.54) is 65.7 Å². The van der Waals surface area contributed by atoms with Crippen LogP contribution in [0.4, 0.5) is 17.1 Å². The number of para-hydroxylation sites is 3. The van der Waals surface area contributed by atoms with E-state index in [0.29, 0.717) is 0 Å². The Morgan fingerprint density at radius 1 is 0.333 bits per heavy atom. The zero-order valence-corrected chi connectivity index (χ0v) is 31.1. The van der Waals surface area contributed by atoms with E-state index in [2.05, 4.69) is 217 Å². The van der Waals surface area contributed by atoms with Crippen LogP contribution in [0.15, 0.2) is 212 Å². The molecular weight excluding hydrogens is 691 g/mol. The second-order valence-electron chi connectivity index (χ2n) is 15.2. The van der Waals surface area contributed by atoms with Crippen LogP contribution in [0.25, 0.3) is 54.6 Å². The molecule has 0 N–H and O–H groups in total. The molecule has 12 rings (SSSR count). The number of benzene rings is 10. The van der Waals surface area contributed by atoms with Crippen molar-refractivity contribution in [2.45, 2.75) is 5.41 Å². The number of hydrogen-bond donors (Lipinski definition) is 0. The fourth-order valence-electron chi connectivity index (χ4n) is 9.90. The highest BCUT2D eigenvalue weighted by Gasteiger charge is 2.51. The van der Waals surface area contributed by atoms with Crippen molar-refractivity contribution in [2.75, 3.05) is 4.90 Å². The van der Waals surface area contributed by atoms with Crippen molar-refractivity contribution in [3.8, 4) is 33.8 Å². The molecule has 1 spiro atoms. The maximum Gasteiger partial charge on any atom is 0.132 e. The number of ether oxygens (including phenoxy) is 1. The predicted molar refractivity (Wildman–Crippen MR) is 236 cm³/mol. The van der Waals surface area contributed by atoms with E-state index in [-0.39, 0.29) is 0 Å². The second kappa shape index (κ2) is 12.3. The first kappa shape index (κ1) is 31.9. The maximum atomic E-state index is 6.69. The monoisotopic (exact) mass is 725 g/mol. The van der Waals surface area contributed by atoms with Crippen LogP contribution >= 0.6 is 0 Å². The molecule has 57 heavy (non-hydrogen) atoms. The topological polar surface area (TPSA) is 12.5 Å². The van der Waals surface area contributed by atoms with E-state index in [1.54, 1.807) is 0 Å². The van der Waals surface area contributed by atoms with E-state index in [0.717, 1.165) is 39.7 Å². The van der Waals surface area contributed by atoms with Crippen LogP contribution < -0.4 is 9.64 Å². The van der Waals surface area contributed by atoms with Crippen molar-refractivity contribution in [3.05, 3.63) is 235 Å². The van der Waals surface area contributed by atoms with Gasteiger partial charge in [-0.15, -0.1) is 0 Å². The lowest BCUT2D eigenvalue weighted by atomic mass is 9.66. The van der Waals surface area contributed by atoms with Crippen LogP contribution in [-0.4, -0.2) is 0 Å². The molecule has 0 bridgehead atoms. The smallest absolute Gasteiger partial charge is 0.132 e. The molecule has 0 aromatic heterocycles. The van der Waals surface area contributed by atoms with E-state index in [1.807, 2.05) is 0 Å². The molecule has 1 aliphatic carbocycles. The summed E-state index contributed by atoms with van der Waals surface area (Å²) in [5.74, 6) is 1.79. The summed E-state index contributed by atoms with van der Waals surface area (Å²) in [5.41, 5.74) is 12.6. The lowest BCUT2D eigenvalue weighted by Crippen LogP contribution is -2.32. The minimum atomic E-state index is -0.584. The zero-order valence-electron chi connectivity index (χ0n) is 31.1.